The highest BCUT2D eigenvalue weighted by atomic mass is 79.9. The monoisotopic (exact) mass is 384 g/mol. The molecule has 100 valence electrons. The third-order valence-electron chi connectivity index (χ3n) is 2.71. The zero-order valence-corrected chi connectivity index (χ0v) is 13.6. The lowest BCUT2D eigenvalue weighted by Gasteiger charge is -2.18. The number of rotatable bonds is 4. The molecule has 0 aliphatic carbocycles. The van der Waals surface area contributed by atoms with Crippen molar-refractivity contribution in [2.75, 3.05) is 11.9 Å². The molecule has 1 aromatic carbocycles. The Morgan fingerprint density at radius 1 is 1.32 bits per heavy atom. The molecule has 0 saturated carbocycles. The van der Waals surface area contributed by atoms with Crippen molar-refractivity contribution in [2.24, 2.45) is 0 Å². The fraction of sp³-hybridized carbons (Fsp3) is 0.214. The molecular formula is C14H14Br2N2O. The number of pyridine rings is 1. The van der Waals surface area contributed by atoms with Crippen LogP contribution in [0, 0.1) is 6.92 Å². The summed E-state index contributed by atoms with van der Waals surface area (Å²) in [7, 11) is 0. The van der Waals surface area contributed by atoms with Gasteiger partial charge in [-0.2, -0.15) is 0 Å². The van der Waals surface area contributed by atoms with Crippen molar-refractivity contribution >= 4 is 37.5 Å². The van der Waals surface area contributed by atoms with E-state index < -0.39 is 0 Å². The molecule has 1 heterocycles. The lowest BCUT2D eigenvalue weighted by Crippen LogP contribution is -2.17. The van der Waals surface area contributed by atoms with Crippen LogP contribution >= 0.6 is 31.9 Å². The summed E-state index contributed by atoms with van der Waals surface area (Å²) in [6, 6.07) is 9.70. The standard InChI is InChI=1S/C14H14Br2N2O/c1-9-3-2-4-11(5-9)18-13(8-19)14-12(16)6-10(15)7-17-14/h2-7,13,18-19H,8H2,1H3. The number of benzene rings is 1. The van der Waals surface area contributed by atoms with Gasteiger partial charge < -0.3 is 10.4 Å². The second-order valence-electron chi connectivity index (χ2n) is 4.27. The smallest absolute Gasteiger partial charge is 0.0929 e. The lowest BCUT2D eigenvalue weighted by molar-refractivity contribution is 0.274. The molecular weight excluding hydrogens is 372 g/mol. The highest BCUT2D eigenvalue weighted by Gasteiger charge is 2.15. The maximum Gasteiger partial charge on any atom is 0.0929 e. The molecule has 0 radical (unpaired) electrons. The third-order valence-corrected chi connectivity index (χ3v) is 3.78. The number of aromatic nitrogens is 1. The van der Waals surface area contributed by atoms with E-state index in [1.54, 1.807) is 6.20 Å². The average molecular weight is 386 g/mol. The van der Waals surface area contributed by atoms with Gasteiger partial charge in [0.05, 0.1) is 18.3 Å². The molecule has 2 aromatic rings. The van der Waals surface area contributed by atoms with E-state index in [-0.39, 0.29) is 12.6 Å². The van der Waals surface area contributed by atoms with Crippen LogP contribution in [0.25, 0.3) is 0 Å². The van der Waals surface area contributed by atoms with Crippen LogP contribution in [-0.4, -0.2) is 16.7 Å². The van der Waals surface area contributed by atoms with Gasteiger partial charge in [-0.25, -0.2) is 0 Å². The Bertz CT molecular complexity index is 575. The summed E-state index contributed by atoms with van der Waals surface area (Å²) in [6.07, 6.45) is 1.72. The van der Waals surface area contributed by atoms with Gasteiger partial charge in [0, 0.05) is 20.8 Å². The quantitative estimate of drug-likeness (QED) is 0.833. The summed E-state index contributed by atoms with van der Waals surface area (Å²) in [6.45, 7) is 2.01. The number of halogens is 2. The summed E-state index contributed by atoms with van der Waals surface area (Å²) in [5.74, 6) is 0. The first kappa shape index (κ1) is 14.5. The minimum Gasteiger partial charge on any atom is -0.394 e. The number of hydrogen-bond donors (Lipinski definition) is 2. The summed E-state index contributed by atoms with van der Waals surface area (Å²) in [5, 5.41) is 12.9. The molecule has 0 amide bonds. The van der Waals surface area contributed by atoms with Crippen LogP contribution in [0.5, 0.6) is 0 Å². The van der Waals surface area contributed by atoms with Gasteiger partial charge in [0.2, 0.25) is 0 Å². The van der Waals surface area contributed by atoms with Crippen molar-refractivity contribution in [1.29, 1.82) is 0 Å². The number of aliphatic hydroxyl groups excluding tert-OH is 1. The van der Waals surface area contributed by atoms with Gasteiger partial charge in [-0.3, -0.25) is 4.98 Å². The molecule has 0 aliphatic rings. The second kappa shape index (κ2) is 6.50. The Kier molecular flexibility index (Phi) is 4.96. The van der Waals surface area contributed by atoms with Crippen LogP contribution in [0.4, 0.5) is 5.69 Å². The van der Waals surface area contributed by atoms with Gasteiger partial charge in [-0.15, -0.1) is 0 Å². The summed E-state index contributed by atoms with van der Waals surface area (Å²) >= 11 is 6.84. The van der Waals surface area contributed by atoms with E-state index in [2.05, 4.69) is 42.2 Å². The maximum atomic E-state index is 9.57. The van der Waals surface area contributed by atoms with Gasteiger partial charge in [0.15, 0.2) is 0 Å². The largest absolute Gasteiger partial charge is 0.394 e. The fourth-order valence-corrected chi connectivity index (χ4v) is 3.08. The number of nitrogens with one attached hydrogen (secondary N) is 1. The van der Waals surface area contributed by atoms with Crippen molar-refractivity contribution in [1.82, 2.24) is 4.98 Å². The average Bonchev–Trinajstić information content (AvgIpc) is 2.37. The Labute approximate surface area is 129 Å². The third kappa shape index (κ3) is 3.78. The summed E-state index contributed by atoms with van der Waals surface area (Å²) in [4.78, 5) is 4.35. The first-order chi connectivity index (χ1) is 9.10. The minimum absolute atomic E-state index is 0.0266. The first-order valence-corrected chi connectivity index (χ1v) is 7.43. The Morgan fingerprint density at radius 3 is 2.74 bits per heavy atom. The van der Waals surface area contributed by atoms with Crippen molar-refractivity contribution in [3.63, 3.8) is 0 Å². The van der Waals surface area contributed by atoms with Gasteiger partial charge in [0.25, 0.3) is 0 Å². The Morgan fingerprint density at radius 2 is 2.11 bits per heavy atom. The molecule has 19 heavy (non-hydrogen) atoms. The van der Waals surface area contributed by atoms with Gasteiger partial charge >= 0.3 is 0 Å². The van der Waals surface area contributed by atoms with Crippen LogP contribution in [0.1, 0.15) is 17.3 Å². The van der Waals surface area contributed by atoms with E-state index in [4.69, 9.17) is 0 Å². The van der Waals surface area contributed by atoms with E-state index in [9.17, 15) is 5.11 Å². The van der Waals surface area contributed by atoms with Crippen molar-refractivity contribution in [2.45, 2.75) is 13.0 Å². The van der Waals surface area contributed by atoms with Crippen molar-refractivity contribution < 1.29 is 5.11 Å². The molecule has 5 heteroatoms. The van der Waals surface area contributed by atoms with Crippen LogP contribution < -0.4 is 5.32 Å². The van der Waals surface area contributed by atoms with Crippen LogP contribution in [-0.2, 0) is 0 Å². The second-order valence-corrected chi connectivity index (χ2v) is 6.04. The minimum atomic E-state index is -0.246. The molecule has 2 rings (SSSR count). The predicted octanol–water partition coefficient (Wildman–Crippen LogP) is 4.06. The number of aryl methyl sites for hydroxylation is 1. The molecule has 0 saturated heterocycles. The zero-order chi connectivity index (χ0) is 13.8. The van der Waals surface area contributed by atoms with Crippen LogP contribution in [0.2, 0.25) is 0 Å². The lowest BCUT2D eigenvalue weighted by atomic mass is 10.1. The predicted molar refractivity (Wildman–Crippen MR) is 84.3 cm³/mol. The van der Waals surface area contributed by atoms with Crippen LogP contribution in [0.15, 0.2) is 45.5 Å². The first-order valence-electron chi connectivity index (χ1n) is 5.85. The van der Waals surface area contributed by atoms with E-state index in [1.165, 1.54) is 5.56 Å². The molecule has 2 N–H and O–H groups in total. The zero-order valence-electron chi connectivity index (χ0n) is 10.4. The topological polar surface area (TPSA) is 45.1 Å². The normalized spacial score (nSPS) is 12.2. The van der Waals surface area contributed by atoms with Gasteiger partial charge in [-0.1, -0.05) is 12.1 Å². The highest BCUT2D eigenvalue weighted by Crippen LogP contribution is 2.27. The van der Waals surface area contributed by atoms with E-state index in [1.807, 2.05) is 37.3 Å². The van der Waals surface area contributed by atoms with Crippen molar-refractivity contribution in [3.05, 3.63) is 56.7 Å². The SMILES string of the molecule is Cc1cccc(NC(CO)c2ncc(Br)cc2Br)c1. The molecule has 1 unspecified atom stereocenters. The molecule has 0 fully saturated rings. The van der Waals surface area contributed by atoms with E-state index >= 15 is 0 Å². The summed E-state index contributed by atoms with van der Waals surface area (Å²) in [5.41, 5.74) is 2.92. The fourth-order valence-electron chi connectivity index (χ4n) is 1.82. The highest BCUT2D eigenvalue weighted by molar-refractivity contribution is 9.11. The van der Waals surface area contributed by atoms with E-state index in [0.29, 0.717) is 0 Å². The number of aliphatic hydroxyl groups is 1. The molecule has 1 aromatic heterocycles. The van der Waals surface area contributed by atoms with E-state index in [0.717, 1.165) is 20.3 Å². The molecule has 3 nitrogen and oxygen atoms in total. The molecule has 0 aliphatic heterocycles. The maximum absolute atomic E-state index is 9.57. The number of hydrogen-bond acceptors (Lipinski definition) is 3. The van der Waals surface area contributed by atoms with Gasteiger partial charge in [0.1, 0.15) is 0 Å². The van der Waals surface area contributed by atoms with Gasteiger partial charge in [-0.05, 0) is 62.5 Å². The Hall–Kier alpha value is -0.910. The molecule has 1 atom stereocenters. The number of anilines is 1. The Balaban J connectivity index is 2.25. The summed E-state index contributed by atoms with van der Waals surface area (Å²) < 4.78 is 1.76. The molecule has 0 spiro atoms. The van der Waals surface area contributed by atoms with Crippen molar-refractivity contribution in [3.8, 4) is 0 Å². The van der Waals surface area contributed by atoms with Crippen LogP contribution in [0.3, 0.4) is 0 Å². The number of nitrogens with zero attached hydrogens (tertiary/aromatic N) is 1. The molecule has 0 bridgehead atoms.